The second-order valence-electron chi connectivity index (χ2n) is 4.42. The maximum atomic E-state index is 9.60. The maximum absolute atomic E-state index is 9.60. The number of rotatable bonds is 1. The van der Waals surface area contributed by atoms with Crippen molar-refractivity contribution < 1.29 is 10.2 Å². The Balaban J connectivity index is 2.05. The van der Waals surface area contributed by atoms with Gasteiger partial charge in [0.2, 0.25) is 0 Å². The van der Waals surface area contributed by atoms with Crippen LogP contribution >= 0.6 is 0 Å². The van der Waals surface area contributed by atoms with Crippen LogP contribution in [0.15, 0.2) is 30.5 Å². The van der Waals surface area contributed by atoms with E-state index in [1.807, 2.05) is 18.3 Å². The summed E-state index contributed by atoms with van der Waals surface area (Å²) in [7, 11) is 0. The van der Waals surface area contributed by atoms with Crippen LogP contribution in [0.2, 0.25) is 0 Å². The van der Waals surface area contributed by atoms with Crippen molar-refractivity contribution in [3.05, 3.63) is 36.2 Å². The third kappa shape index (κ3) is 1.80. The van der Waals surface area contributed by atoms with Crippen LogP contribution in [0.5, 0.6) is 5.75 Å². The van der Waals surface area contributed by atoms with Crippen LogP contribution in [-0.4, -0.2) is 25.9 Å². The van der Waals surface area contributed by atoms with Gasteiger partial charge in [0.05, 0.1) is 6.10 Å². The molecule has 1 atom stereocenters. The van der Waals surface area contributed by atoms with Gasteiger partial charge in [-0.3, -0.25) is 0 Å². The highest BCUT2D eigenvalue weighted by Crippen LogP contribution is 2.26. The second-order valence-corrected chi connectivity index (χ2v) is 4.42. The lowest BCUT2D eigenvalue weighted by molar-refractivity contribution is 0.144. The molecule has 88 valence electrons. The van der Waals surface area contributed by atoms with E-state index in [2.05, 4.69) is 9.55 Å². The molecule has 1 aromatic carbocycles. The smallest absolute Gasteiger partial charge is 0.140 e. The summed E-state index contributed by atoms with van der Waals surface area (Å²) in [5, 5.41) is 19.1. The molecule has 0 amide bonds. The highest BCUT2D eigenvalue weighted by molar-refractivity contribution is 5.58. The summed E-state index contributed by atoms with van der Waals surface area (Å²) in [5.74, 6) is 1.11. The Labute approximate surface area is 99.2 Å². The molecule has 4 nitrogen and oxygen atoms in total. The first-order chi connectivity index (χ1) is 8.24. The van der Waals surface area contributed by atoms with Crippen molar-refractivity contribution in [2.75, 3.05) is 0 Å². The number of aromatic hydroxyl groups is 1. The Morgan fingerprint density at radius 3 is 3.06 bits per heavy atom. The van der Waals surface area contributed by atoms with Gasteiger partial charge < -0.3 is 14.8 Å². The third-order valence-corrected chi connectivity index (χ3v) is 3.17. The van der Waals surface area contributed by atoms with Gasteiger partial charge in [0.15, 0.2) is 0 Å². The molecule has 1 unspecified atom stereocenters. The van der Waals surface area contributed by atoms with Crippen molar-refractivity contribution in [3.63, 3.8) is 0 Å². The fourth-order valence-electron chi connectivity index (χ4n) is 2.32. The molecule has 1 aliphatic heterocycles. The Morgan fingerprint density at radius 1 is 1.35 bits per heavy atom. The van der Waals surface area contributed by atoms with Crippen LogP contribution in [0.25, 0.3) is 11.4 Å². The molecule has 2 N–H and O–H groups in total. The Morgan fingerprint density at radius 2 is 2.24 bits per heavy atom. The van der Waals surface area contributed by atoms with E-state index in [1.54, 1.807) is 12.1 Å². The number of hydrogen-bond acceptors (Lipinski definition) is 3. The third-order valence-electron chi connectivity index (χ3n) is 3.17. The summed E-state index contributed by atoms with van der Waals surface area (Å²) < 4.78 is 2.11. The van der Waals surface area contributed by atoms with Crippen molar-refractivity contribution in [1.29, 1.82) is 0 Å². The Kier molecular flexibility index (Phi) is 2.37. The average molecular weight is 230 g/mol. The molecule has 3 rings (SSSR count). The molecular formula is C13H14N2O2. The predicted octanol–water partition coefficient (Wildman–Crippen LogP) is 1.56. The minimum Gasteiger partial charge on any atom is -0.508 e. The minimum absolute atomic E-state index is 0.246. The molecule has 4 heteroatoms. The predicted molar refractivity (Wildman–Crippen MR) is 63.7 cm³/mol. The van der Waals surface area contributed by atoms with E-state index in [0.29, 0.717) is 6.42 Å². The van der Waals surface area contributed by atoms with Crippen molar-refractivity contribution >= 4 is 0 Å². The van der Waals surface area contributed by atoms with Crippen molar-refractivity contribution in [1.82, 2.24) is 9.55 Å². The van der Waals surface area contributed by atoms with E-state index < -0.39 is 0 Å². The molecule has 0 radical (unpaired) electrons. The van der Waals surface area contributed by atoms with Gasteiger partial charge in [-0.25, -0.2) is 4.98 Å². The number of imidazole rings is 1. The summed E-state index contributed by atoms with van der Waals surface area (Å²) in [6, 6.07) is 7.10. The van der Waals surface area contributed by atoms with Gasteiger partial charge >= 0.3 is 0 Å². The van der Waals surface area contributed by atoms with Crippen molar-refractivity contribution in [2.24, 2.45) is 0 Å². The summed E-state index contributed by atoms with van der Waals surface area (Å²) in [6.07, 6.45) is 2.97. The van der Waals surface area contributed by atoms with E-state index in [-0.39, 0.29) is 11.9 Å². The topological polar surface area (TPSA) is 58.3 Å². The standard InChI is InChI=1S/C13H14N2O2/c16-11-3-1-2-9(6-11)13-14-8-10-7-12(17)4-5-15(10)13/h1-3,6,8,12,16-17H,4-5,7H2. The number of aliphatic hydroxyl groups is 1. The van der Waals surface area contributed by atoms with Gasteiger partial charge in [-0.15, -0.1) is 0 Å². The van der Waals surface area contributed by atoms with E-state index in [9.17, 15) is 10.2 Å². The van der Waals surface area contributed by atoms with Crippen LogP contribution in [0.1, 0.15) is 12.1 Å². The van der Waals surface area contributed by atoms with Crippen LogP contribution in [0.4, 0.5) is 0 Å². The normalized spacial score (nSPS) is 19.0. The van der Waals surface area contributed by atoms with Gasteiger partial charge in [-0.2, -0.15) is 0 Å². The number of nitrogens with zero attached hydrogens (tertiary/aromatic N) is 2. The molecule has 0 bridgehead atoms. The van der Waals surface area contributed by atoms with Gasteiger partial charge in [0.1, 0.15) is 11.6 Å². The van der Waals surface area contributed by atoms with Gasteiger partial charge in [0.25, 0.3) is 0 Å². The lowest BCUT2D eigenvalue weighted by Gasteiger charge is -2.21. The number of phenols is 1. The SMILES string of the molecule is Oc1cccc(-c2ncc3n2CCC(O)C3)c1. The highest BCUT2D eigenvalue weighted by Gasteiger charge is 2.20. The van der Waals surface area contributed by atoms with Crippen molar-refractivity contribution in [2.45, 2.75) is 25.5 Å². The first-order valence-corrected chi connectivity index (χ1v) is 5.76. The molecule has 0 spiro atoms. The molecule has 1 aliphatic rings. The first-order valence-electron chi connectivity index (χ1n) is 5.76. The van der Waals surface area contributed by atoms with E-state index >= 15 is 0 Å². The quantitative estimate of drug-likeness (QED) is 0.781. The molecule has 0 saturated heterocycles. The zero-order chi connectivity index (χ0) is 11.8. The molecular weight excluding hydrogens is 216 g/mol. The van der Waals surface area contributed by atoms with Crippen LogP contribution in [-0.2, 0) is 13.0 Å². The summed E-state index contributed by atoms with van der Waals surface area (Å²) in [4.78, 5) is 4.38. The largest absolute Gasteiger partial charge is 0.508 e. The summed E-state index contributed by atoms with van der Waals surface area (Å²) in [6.45, 7) is 0.779. The molecule has 2 aromatic rings. The van der Waals surface area contributed by atoms with E-state index in [4.69, 9.17) is 0 Å². The number of phenolic OH excluding ortho intramolecular Hbond substituents is 1. The Hall–Kier alpha value is -1.81. The van der Waals surface area contributed by atoms with E-state index in [0.717, 1.165) is 30.0 Å². The molecule has 17 heavy (non-hydrogen) atoms. The van der Waals surface area contributed by atoms with Gasteiger partial charge in [-0.1, -0.05) is 12.1 Å². The molecule has 0 fully saturated rings. The second kappa shape index (κ2) is 3.89. The zero-order valence-corrected chi connectivity index (χ0v) is 9.37. The molecule has 1 aromatic heterocycles. The highest BCUT2D eigenvalue weighted by atomic mass is 16.3. The van der Waals surface area contributed by atoms with Gasteiger partial charge in [-0.05, 0) is 18.6 Å². The van der Waals surface area contributed by atoms with Crippen LogP contribution in [0.3, 0.4) is 0 Å². The zero-order valence-electron chi connectivity index (χ0n) is 9.37. The lowest BCUT2D eigenvalue weighted by atomic mass is 10.1. The van der Waals surface area contributed by atoms with E-state index in [1.165, 1.54) is 0 Å². The summed E-state index contributed by atoms with van der Waals surface area (Å²) in [5.41, 5.74) is 1.97. The Bertz CT molecular complexity index is 548. The van der Waals surface area contributed by atoms with Crippen LogP contribution < -0.4 is 0 Å². The first kappa shape index (κ1) is 10.4. The lowest BCUT2D eigenvalue weighted by Crippen LogP contribution is -2.22. The number of aromatic nitrogens is 2. The fraction of sp³-hybridized carbons (Fsp3) is 0.308. The average Bonchev–Trinajstić information content (AvgIpc) is 2.71. The molecule has 2 heterocycles. The number of benzene rings is 1. The number of hydrogen-bond donors (Lipinski definition) is 2. The number of fused-ring (bicyclic) bond motifs is 1. The molecule has 0 saturated carbocycles. The fourth-order valence-corrected chi connectivity index (χ4v) is 2.32. The van der Waals surface area contributed by atoms with Crippen molar-refractivity contribution in [3.8, 4) is 17.1 Å². The maximum Gasteiger partial charge on any atom is 0.140 e. The monoisotopic (exact) mass is 230 g/mol. The summed E-state index contributed by atoms with van der Waals surface area (Å²) >= 11 is 0. The van der Waals surface area contributed by atoms with Crippen LogP contribution in [0, 0.1) is 0 Å². The minimum atomic E-state index is -0.253. The number of aliphatic hydroxyl groups excluding tert-OH is 1. The molecule has 0 aliphatic carbocycles. The van der Waals surface area contributed by atoms with Gasteiger partial charge in [0, 0.05) is 30.4 Å².